The van der Waals surface area contributed by atoms with Crippen LogP contribution in [-0.2, 0) is 16.4 Å². The van der Waals surface area contributed by atoms with Crippen LogP contribution >= 0.6 is 0 Å². The van der Waals surface area contributed by atoms with Gasteiger partial charge < -0.3 is 4.57 Å². The Labute approximate surface area is 115 Å². The number of aryl methyl sites for hydroxylation is 1. The number of nitrogens with zero attached hydrogens (tertiary/aromatic N) is 2. The van der Waals surface area contributed by atoms with Gasteiger partial charge in [0, 0.05) is 30.9 Å². The zero-order chi connectivity index (χ0) is 14.0. The minimum absolute atomic E-state index is 0.388. The van der Waals surface area contributed by atoms with Crippen molar-refractivity contribution < 1.29 is 8.42 Å². The molecule has 5 nitrogen and oxygen atoms in total. The lowest BCUT2D eigenvalue weighted by Gasteiger charge is -2.29. The van der Waals surface area contributed by atoms with Gasteiger partial charge in [-0.1, -0.05) is 0 Å². The quantitative estimate of drug-likeness (QED) is 0.866. The Morgan fingerprint density at radius 2 is 2.16 bits per heavy atom. The van der Waals surface area contributed by atoms with E-state index in [0.29, 0.717) is 19.0 Å². The fourth-order valence-electron chi connectivity index (χ4n) is 2.30. The van der Waals surface area contributed by atoms with Crippen molar-refractivity contribution in [2.45, 2.75) is 57.7 Å². The third-order valence-corrected chi connectivity index (χ3v) is 5.62. The maximum Gasteiger partial charge on any atom is 0.213 e. The van der Waals surface area contributed by atoms with Gasteiger partial charge in [0.2, 0.25) is 10.0 Å². The smallest absolute Gasteiger partial charge is 0.213 e. The zero-order valence-corrected chi connectivity index (χ0v) is 12.7. The second kappa shape index (κ2) is 5.63. The van der Waals surface area contributed by atoms with Crippen molar-refractivity contribution in [1.29, 1.82) is 0 Å². The van der Waals surface area contributed by atoms with E-state index in [1.165, 1.54) is 25.0 Å². The summed E-state index contributed by atoms with van der Waals surface area (Å²) < 4.78 is 28.3. The van der Waals surface area contributed by atoms with E-state index in [0.717, 1.165) is 5.82 Å². The van der Waals surface area contributed by atoms with Crippen LogP contribution < -0.4 is 4.72 Å². The SMILES string of the molecule is Cc1cnc(CCNS(=O)(=O)C(C)C)n1C1CCC1. The van der Waals surface area contributed by atoms with E-state index in [4.69, 9.17) is 0 Å². The molecule has 1 aliphatic rings. The molecule has 6 heteroatoms. The molecule has 1 aliphatic carbocycles. The average molecular weight is 285 g/mol. The van der Waals surface area contributed by atoms with Gasteiger partial charge in [-0.25, -0.2) is 18.1 Å². The molecule has 2 rings (SSSR count). The van der Waals surface area contributed by atoms with E-state index in [1.54, 1.807) is 13.8 Å². The zero-order valence-electron chi connectivity index (χ0n) is 11.9. The van der Waals surface area contributed by atoms with Crippen molar-refractivity contribution in [2.24, 2.45) is 0 Å². The first-order valence-electron chi connectivity index (χ1n) is 6.93. The molecule has 1 saturated carbocycles. The van der Waals surface area contributed by atoms with E-state index in [9.17, 15) is 8.42 Å². The summed E-state index contributed by atoms with van der Waals surface area (Å²) in [4.78, 5) is 4.41. The van der Waals surface area contributed by atoms with Gasteiger partial charge in [-0.05, 0) is 40.0 Å². The summed E-state index contributed by atoms with van der Waals surface area (Å²) >= 11 is 0. The largest absolute Gasteiger partial charge is 0.329 e. The monoisotopic (exact) mass is 285 g/mol. The highest BCUT2D eigenvalue weighted by Gasteiger charge is 2.23. The minimum atomic E-state index is -3.17. The summed E-state index contributed by atoms with van der Waals surface area (Å²) in [6.45, 7) is 5.85. The molecule has 0 aromatic carbocycles. The molecule has 19 heavy (non-hydrogen) atoms. The lowest BCUT2D eigenvalue weighted by Crippen LogP contribution is -2.33. The highest BCUT2D eigenvalue weighted by molar-refractivity contribution is 7.90. The lowest BCUT2D eigenvalue weighted by atomic mass is 9.92. The van der Waals surface area contributed by atoms with Crippen LogP contribution in [0, 0.1) is 6.92 Å². The van der Waals surface area contributed by atoms with Crippen LogP contribution in [0.5, 0.6) is 0 Å². The molecule has 1 fully saturated rings. The van der Waals surface area contributed by atoms with E-state index in [-0.39, 0.29) is 5.25 Å². The molecule has 0 atom stereocenters. The molecule has 0 unspecified atom stereocenters. The Morgan fingerprint density at radius 1 is 1.47 bits per heavy atom. The van der Waals surface area contributed by atoms with Gasteiger partial charge in [0.25, 0.3) is 0 Å². The maximum atomic E-state index is 11.7. The Hall–Kier alpha value is -0.880. The normalized spacial score (nSPS) is 16.8. The number of nitrogens with one attached hydrogen (secondary N) is 1. The van der Waals surface area contributed by atoms with Crippen molar-refractivity contribution in [3.63, 3.8) is 0 Å². The van der Waals surface area contributed by atoms with Crippen molar-refractivity contribution in [1.82, 2.24) is 14.3 Å². The van der Waals surface area contributed by atoms with Crippen LogP contribution in [0.15, 0.2) is 6.20 Å². The van der Waals surface area contributed by atoms with Crippen LogP contribution in [0.25, 0.3) is 0 Å². The second-order valence-corrected chi connectivity index (χ2v) is 7.83. The molecule has 0 radical (unpaired) electrons. The van der Waals surface area contributed by atoms with Crippen LogP contribution in [-0.4, -0.2) is 29.8 Å². The molecule has 1 N–H and O–H groups in total. The van der Waals surface area contributed by atoms with Gasteiger partial charge in [0.05, 0.1) is 5.25 Å². The number of aromatic nitrogens is 2. The number of sulfonamides is 1. The molecule has 0 bridgehead atoms. The molecule has 108 valence electrons. The third kappa shape index (κ3) is 3.17. The molecule has 0 spiro atoms. The second-order valence-electron chi connectivity index (χ2n) is 5.51. The summed E-state index contributed by atoms with van der Waals surface area (Å²) in [5.41, 5.74) is 1.17. The van der Waals surface area contributed by atoms with Crippen LogP contribution in [0.3, 0.4) is 0 Å². The average Bonchev–Trinajstić information content (AvgIpc) is 2.59. The van der Waals surface area contributed by atoms with E-state index >= 15 is 0 Å². The fourth-order valence-corrected chi connectivity index (χ4v) is 3.02. The van der Waals surface area contributed by atoms with E-state index in [2.05, 4.69) is 21.2 Å². The highest BCUT2D eigenvalue weighted by Crippen LogP contribution is 2.33. The third-order valence-electron chi connectivity index (χ3n) is 3.77. The fraction of sp³-hybridized carbons (Fsp3) is 0.769. The summed E-state index contributed by atoms with van der Waals surface area (Å²) in [5.74, 6) is 0.994. The van der Waals surface area contributed by atoms with Crippen molar-refractivity contribution in [3.8, 4) is 0 Å². The predicted octanol–water partition coefficient (Wildman–Crippen LogP) is 1.79. The van der Waals surface area contributed by atoms with Crippen LogP contribution in [0.4, 0.5) is 0 Å². The first-order chi connectivity index (χ1) is 8.92. The number of imidazole rings is 1. The molecule has 1 aromatic heterocycles. The first-order valence-corrected chi connectivity index (χ1v) is 8.47. The molecule has 0 saturated heterocycles. The standard InChI is InChI=1S/C13H23N3O2S/c1-10(2)19(17,18)15-8-7-13-14-9-11(3)16(13)12-5-4-6-12/h9-10,12,15H,4-8H2,1-3H3. The number of hydrogen-bond acceptors (Lipinski definition) is 3. The molecule has 1 aromatic rings. The summed E-state index contributed by atoms with van der Waals surface area (Å²) in [7, 11) is -3.17. The minimum Gasteiger partial charge on any atom is -0.329 e. The Morgan fingerprint density at radius 3 is 2.68 bits per heavy atom. The predicted molar refractivity (Wildman–Crippen MR) is 75.6 cm³/mol. The van der Waals surface area contributed by atoms with Gasteiger partial charge in [0.1, 0.15) is 5.82 Å². The van der Waals surface area contributed by atoms with Crippen molar-refractivity contribution in [3.05, 3.63) is 17.7 Å². The molecule has 0 amide bonds. The van der Waals surface area contributed by atoms with E-state index in [1.807, 2.05) is 6.20 Å². The summed E-state index contributed by atoms with van der Waals surface area (Å²) in [6.07, 6.45) is 6.23. The maximum absolute atomic E-state index is 11.7. The Kier molecular flexibility index (Phi) is 4.30. The first kappa shape index (κ1) is 14.5. The van der Waals surface area contributed by atoms with Gasteiger partial charge in [0.15, 0.2) is 0 Å². The van der Waals surface area contributed by atoms with Crippen molar-refractivity contribution in [2.75, 3.05) is 6.54 Å². The van der Waals surface area contributed by atoms with Gasteiger partial charge in [-0.2, -0.15) is 0 Å². The Balaban J connectivity index is 1.97. The summed E-state index contributed by atoms with van der Waals surface area (Å²) in [5, 5.41) is -0.388. The van der Waals surface area contributed by atoms with Gasteiger partial charge in [-0.3, -0.25) is 0 Å². The Bertz CT molecular complexity index is 530. The molecular formula is C13H23N3O2S. The number of rotatable bonds is 6. The van der Waals surface area contributed by atoms with E-state index < -0.39 is 10.0 Å². The highest BCUT2D eigenvalue weighted by atomic mass is 32.2. The number of hydrogen-bond donors (Lipinski definition) is 1. The van der Waals surface area contributed by atoms with Crippen LogP contribution in [0.1, 0.15) is 50.7 Å². The molecular weight excluding hydrogens is 262 g/mol. The van der Waals surface area contributed by atoms with Gasteiger partial charge >= 0.3 is 0 Å². The molecule has 0 aliphatic heterocycles. The summed E-state index contributed by atoms with van der Waals surface area (Å²) in [6, 6.07) is 0.569. The topological polar surface area (TPSA) is 64.0 Å². The van der Waals surface area contributed by atoms with Crippen LogP contribution in [0.2, 0.25) is 0 Å². The molecule has 1 heterocycles. The lowest BCUT2D eigenvalue weighted by molar-refractivity contribution is 0.302. The van der Waals surface area contributed by atoms with Gasteiger partial charge in [-0.15, -0.1) is 0 Å². The van der Waals surface area contributed by atoms with Crippen molar-refractivity contribution >= 4 is 10.0 Å².